The van der Waals surface area contributed by atoms with Gasteiger partial charge in [-0.25, -0.2) is 0 Å². The Morgan fingerprint density at radius 2 is 2.00 bits per heavy atom. The Kier molecular flexibility index (Phi) is 6.60. The number of carbonyl (C=O) groups is 1. The minimum absolute atomic E-state index is 0.00211. The van der Waals surface area contributed by atoms with Crippen LogP contribution in [0.3, 0.4) is 0 Å². The number of rotatable bonds is 6. The van der Waals surface area contributed by atoms with Crippen molar-refractivity contribution in [3.8, 4) is 0 Å². The van der Waals surface area contributed by atoms with Crippen LogP contribution in [-0.2, 0) is 4.79 Å². The van der Waals surface area contributed by atoms with Crippen LogP contribution in [0.1, 0.15) is 34.1 Å². The zero-order chi connectivity index (χ0) is 12.8. The van der Waals surface area contributed by atoms with Crippen molar-refractivity contribution in [3.63, 3.8) is 0 Å². The summed E-state index contributed by atoms with van der Waals surface area (Å²) < 4.78 is 0. The summed E-state index contributed by atoms with van der Waals surface area (Å²) in [6.07, 6.45) is 0.781. The smallest absolute Gasteiger partial charge is 0.224 e. The predicted octanol–water partition coefficient (Wildman–Crippen LogP) is 0.742. The van der Waals surface area contributed by atoms with Gasteiger partial charge in [-0.05, 0) is 17.8 Å². The van der Waals surface area contributed by atoms with Crippen LogP contribution < -0.4 is 11.1 Å². The van der Waals surface area contributed by atoms with Crippen LogP contribution >= 0.6 is 0 Å². The molecule has 1 amide bonds. The Morgan fingerprint density at radius 3 is 2.38 bits per heavy atom. The van der Waals surface area contributed by atoms with Gasteiger partial charge < -0.3 is 16.2 Å². The molecule has 0 heterocycles. The third-order valence-electron chi connectivity index (χ3n) is 2.45. The average molecular weight is 230 g/mol. The van der Waals surface area contributed by atoms with Gasteiger partial charge in [-0.15, -0.1) is 0 Å². The zero-order valence-corrected chi connectivity index (χ0v) is 10.9. The van der Waals surface area contributed by atoms with Crippen LogP contribution in [0.2, 0.25) is 0 Å². The minimum atomic E-state index is -0.133. The molecule has 0 aromatic carbocycles. The Hall–Kier alpha value is -0.610. The monoisotopic (exact) mass is 230 g/mol. The topological polar surface area (TPSA) is 75.3 Å². The van der Waals surface area contributed by atoms with E-state index >= 15 is 0 Å². The first-order chi connectivity index (χ1) is 7.30. The molecule has 4 nitrogen and oxygen atoms in total. The lowest BCUT2D eigenvalue weighted by atomic mass is 9.84. The highest BCUT2D eigenvalue weighted by atomic mass is 16.3. The van der Waals surface area contributed by atoms with Gasteiger partial charge in [0.05, 0.1) is 5.92 Å². The van der Waals surface area contributed by atoms with Gasteiger partial charge in [0, 0.05) is 19.7 Å². The fourth-order valence-electron chi connectivity index (χ4n) is 1.51. The molecule has 0 rings (SSSR count). The van der Waals surface area contributed by atoms with Crippen molar-refractivity contribution in [2.75, 3.05) is 19.7 Å². The fourth-order valence-corrected chi connectivity index (χ4v) is 1.51. The van der Waals surface area contributed by atoms with Gasteiger partial charge in [0.1, 0.15) is 0 Å². The molecule has 0 saturated carbocycles. The van der Waals surface area contributed by atoms with Crippen molar-refractivity contribution in [1.29, 1.82) is 0 Å². The van der Waals surface area contributed by atoms with Crippen molar-refractivity contribution in [2.24, 2.45) is 23.0 Å². The summed E-state index contributed by atoms with van der Waals surface area (Å²) in [4.78, 5) is 11.8. The molecule has 0 spiro atoms. The van der Waals surface area contributed by atoms with Crippen LogP contribution in [0.25, 0.3) is 0 Å². The number of amides is 1. The number of hydrogen-bond donors (Lipinski definition) is 3. The normalized spacial score (nSPS) is 15.6. The van der Waals surface area contributed by atoms with Crippen molar-refractivity contribution >= 4 is 5.91 Å². The van der Waals surface area contributed by atoms with E-state index < -0.39 is 0 Å². The fraction of sp³-hybridized carbons (Fsp3) is 0.917. The lowest BCUT2D eigenvalue weighted by Crippen LogP contribution is -2.39. The van der Waals surface area contributed by atoms with Crippen LogP contribution in [0, 0.1) is 17.3 Å². The molecule has 0 aromatic heterocycles. The number of aliphatic hydroxyl groups is 1. The molecule has 0 saturated heterocycles. The Morgan fingerprint density at radius 1 is 1.44 bits per heavy atom. The molecular weight excluding hydrogens is 204 g/mol. The van der Waals surface area contributed by atoms with E-state index in [0.717, 1.165) is 6.42 Å². The number of nitrogens with one attached hydrogen (secondary N) is 1. The first kappa shape index (κ1) is 15.4. The quantitative estimate of drug-likeness (QED) is 0.630. The van der Waals surface area contributed by atoms with E-state index in [1.807, 2.05) is 6.92 Å². The summed E-state index contributed by atoms with van der Waals surface area (Å²) in [6.45, 7) is 9.15. The van der Waals surface area contributed by atoms with E-state index in [-0.39, 0.29) is 29.8 Å². The molecule has 4 heteroatoms. The molecule has 0 aromatic rings. The maximum absolute atomic E-state index is 11.8. The lowest BCUT2D eigenvalue weighted by Gasteiger charge is -2.24. The molecule has 0 aliphatic heterocycles. The lowest BCUT2D eigenvalue weighted by molar-refractivity contribution is -0.125. The van der Waals surface area contributed by atoms with Crippen molar-refractivity contribution < 1.29 is 9.90 Å². The second-order valence-electron chi connectivity index (χ2n) is 5.73. The molecule has 0 bridgehead atoms. The molecular formula is C12H26N2O2. The molecule has 2 unspecified atom stereocenters. The molecule has 16 heavy (non-hydrogen) atoms. The van der Waals surface area contributed by atoms with Gasteiger partial charge in [0.2, 0.25) is 5.91 Å². The number of hydrogen-bond acceptors (Lipinski definition) is 3. The predicted molar refractivity (Wildman–Crippen MR) is 65.9 cm³/mol. The van der Waals surface area contributed by atoms with Crippen molar-refractivity contribution in [1.82, 2.24) is 5.32 Å². The highest BCUT2D eigenvalue weighted by Crippen LogP contribution is 2.23. The van der Waals surface area contributed by atoms with Crippen LogP contribution in [0.4, 0.5) is 0 Å². The SMILES string of the molecule is CC(CO)CNC(=O)C(CN)CC(C)(C)C. The van der Waals surface area contributed by atoms with Gasteiger partial charge in [0.15, 0.2) is 0 Å². The average Bonchev–Trinajstić information content (AvgIpc) is 2.20. The van der Waals surface area contributed by atoms with Crippen molar-refractivity contribution in [3.05, 3.63) is 0 Å². The molecule has 4 N–H and O–H groups in total. The van der Waals surface area contributed by atoms with Crippen LogP contribution in [-0.4, -0.2) is 30.7 Å². The highest BCUT2D eigenvalue weighted by Gasteiger charge is 2.23. The maximum Gasteiger partial charge on any atom is 0.224 e. The van der Waals surface area contributed by atoms with Gasteiger partial charge in [-0.3, -0.25) is 4.79 Å². The van der Waals surface area contributed by atoms with Crippen LogP contribution in [0.15, 0.2) is 0 Å². The summed E-state index contributed by atoms with van der Waals surface area (Å²) in [5, 5.41) is 11.7. The second-order valence-corrected chi connectivity index (χ2v) is 5.73. The molecule has 0 aliphatic carbocycles. The third-order valence-corrected chi connectivity index (χ3v) is 2.45. The number of nitrogens with two attached hydrogens (primary N) is 1. The Labute approximate surface area is 98.6 Å². The first-order valence-corrected chi connectivity index (χ1v) is 5.88. The summed E-state index contributed by atoms with van der Waals surface area (Å²) in [7, 11) is 0. The van der Waals surface area contributed by atoms with E-state index in [9.17, 15) is 4.79 Å². The van der Waals surface area contributed by atoms with E-state index in [2.05, 4.69) is 26.1 Å². The van der Waals surface area contributed by atoms with Crippen LogP contribution in [0.5, 0.6) is 0 Å². The second kappa shape index (κ2) is 6.86. The standard InChI is InChI=1S/C12H26N2O2/c1-9(8-15)7-14-11(16)10(6-13)5-12(2,3)4/h9-10,15H,5-8,13H2,1-4H3,(H,14,16). The van der Waals surface area contributed by atoms with Gasteiger partial charge in [0.25, 0.3) is 0 Å². The van der Waals surface area contributed by atoms with Gasteiger partial charge in [-0.1, -0.05) is 27.7 Å². The summed E-state index contributed by atoms with van der Waals surface area (Å²) >= 11 is 0. The summed E-state index contributed by atoms with van der Waals surface area (Å²) in [6, 6.07) is 0. The molecule has 2 atom stereocenters. The molecule has 0 fully saturated rings. The summed E-state index contributed by atoms with van der Waals surface area (Å²) in [5.41, 5.74) is 5.71. The number of carbonyl (C=O) groups excluding carboxylic acids is 1. The first-order valence-electron chi connectivity index (χ1n) is 5.88. The molecule has 96 valence electrons. The summed E-state index contributed by atoms with van der Waals surface area (Å²) in [5.74, 6) is -0.0411. The molecule has 0 aliphatic rings. The van der Waals surface area contributed by atoms with E-state index in [4.69, 9.17) is 10.8 Å². The Balaban J connectivity index is 4.11. The highest BCUT2D eigenvalue weighted by molar-refractivity contribution is 5.78. The zero-order valence-electron chi connectivity index (χ0n) is 10.9. The van der Waals surface area contributed by atoms with Gasteiger partial charge in [-0.2, -0.15) is 0 Å². The maximum atomic E-state index is 11.8. The Bertz CT molecular complexity index is 212. The minimum Gasteiger partial charge on any atom is -0.396 e. The van der Waals surface area contributed by atoms with E-state index in [0.29, 0.717) is 13.1 Å². The van der Waals surface area contributed by atoms with Gasteiger partial charge >= 0.3 is 0 Å². The third kappa shape index (κ3) is 6.80. The number of aliphatic hydroxyl groups excluding tert-OH is 1. The van der Waals surface area contributed by atoms with E-state index in [1.165, 1.54) is 0 Å². The van der Waals surface area contributed by atoms with Crippen molar-refractivity contribution in [2.45, 2.75) is 34.1 Å². The largest absolute Gasteiger partial charge is 0.396 e. The van der Waals surface area contributed by atoms with E-state index in [1.54, 1.807) is 0 Å². The molecule has 0 radical (unpaired) electrons.